The summed E-state index contributed by atoms with van der Waals surface area (Å²) < 4.78 is 26.3. The van der Waals surface area contributed by atoms with Crippen LogP contribution in [0, 0.1) is 0 Å². The first-order chi connectivity index (χ1) is 22.4. The van der Waals surface area contributed by atoms with Crippen LogP contribution in [0.15, 0.2) is 78.5 Å². The van der Waals surface area contributed by atoms with Gasteiger partial charge in [-0.25, -0.2) is 9.79 Å². The Labute approximate surface area is 302 Å². The Bertz CT molecular complexity index is 2050. The number of methoxy groups -OCH3 is 1. The van der Waals surface area contributed by atoms with E-state index in [4.69, 9.17) is 42.1 Å². The zero-order valence-corrected chi connectivity index (χ0v) is 31.5. The van der Waals surface area contributed by atoms with Crippen molar-refractivity contribution in [1.82, 2.24) is 4.57 Å². The summed E-state index contributed by atoms with van der Waals surface area (Å²) in [5.74, 6) is 1.06. The van der Waals surface area contributed by atoms with Crippen molar-refractivity contribution in [2.24, 2.45) is 4.99 Å². The number of fused-ring (bicyclic) bond motifs is 1. The average Bonchev–Trinajstić information content (AvgIpc) is 3.30. The summed E-state index contributed by atoms with van der Waals surface area (Å²) in [6.45, 7) is 7.72. The molecule has 5 rings (SSSR count). The number of benzene rings is 3. The monoisotopic (exact) mass is 822 g/mol. The van der Waals surface area contributed by atoms with Crippen LogP contribution in [-0.2, 0) is 16.1 Å². The molecule has 0 spiro atoms. The fraction of sp³-hybridized carbons (Fsp3) is 0.265. The molecule has 1 aliphatic rings. The Hall–Kier alpha value is -3.09. The predicted molar refractivity (Wildman–Crippen MR) is 192 cm³/mol. The summed E-state index contributed by atoms with van der Waals surface area (Å²) in [5.41, 5.74) is 2.61. The van der Waals surface area contributed by atoms with Crippen molar-refractivity contribution in [3.63, 3.8) is 0 Å². The number of nitrogens with zero attached hydrogens (tertiary/aromatic N) is 2. The molecule has 47 heavy (non-hydrogen) atoms. The van der Waals surface area contributed by atoms with Gasteiger partial charge in [-0.15, -0.1) is 0 Å². The highest BCUT2D eigenvalue weighted by molar-refractivity contribution is 9.11. The van der Waals surface area contributed by atoms with E-state index in [1.54, 1.807) is 51.3 Å². The minimum Gasteiger partial charge on any atom is -0.493 e. The maximum atomic E-state index is 14.1. The summed E-state index contributed by atoms with van der Waals surface area (Å²) in [5, 5.41) is 1.05. The molecule has 4 aromatic rings. The lowest BCUT2D eigenvalue weighted by Crippen LogP contribution is -2.40. The first-order valence-corrected chi connectivity index (χ1v) is 17.7. The number of ether oxygens (including phenoxy) is 4. The quantitative estimate of drug-likeness (QED) is 0.151. The Morgan fingerprint density at radius 1 is 1.09 bits per heavy atom. The number of carbonyl (C=O) groups excluding carboxylic acids is 1. The van der Waals surface area contributed by atoms with Gasteiger partial charge in [-0.1, -0.05) is 46.7 Å². The molecule has 246 valence electrons. The van der Waals surface area contributed by atoms with Crippen LogP contribution in [0.25, 0.3) is 6.08 Å². The van der Waals surface area contributed by atoms with Crippen molar-refractivity contribution in [2.45, 2.75) is 46.4 Å². The summed E-state index contributed by atoms with van der Waals surface area (Å²) in [7, 11) is 1.55. The lowest BCUT2D eigenvalue weighted by molar-refractivity contribution is -0.139. The van der Waals surface area contributed by atoms with E-state index in [0.29, 0.717) is 56.8 Å². The van der Waals surface area contributed by atoms with Gasteiger partial charge in [-0.05, 0) is 113 Å². The third-order valence-corrected chi connectivity index (χ3v) is 9.84. The van der Waals surface area contributed by atoms with Gasteiger partial charge in [0.25, 0.3) is 5.56 Å². The number of hydrogen-bond donors (Lipinski definition) is 0. The molecular weight excluding hydrogens is 795 g/mol. The van der Waals surface area contributed by atoms with E-state index >= 15 is 0 Å². The lowest BCUT2D eigenvalue weighted by Gasteiger charge is -2.25. The van der Waals surface area contributed by atoms with E-state index in [-0.39, 0.29) is 30.5 Å². The summed E-state index contributed by atoms with van der Waals surface area (Å²) >= 11 is 20.8. The number of thiazole rings is 1. The normalized spacial score (nSPS) is 14.6. The minimum absolute atomic E-state index is 0.0765. The Balaban J connectivity index is 1.57. The number of hydrogen-bond acceptors (Lipinski definition) is 8. The van der Waals surface area contributed by atoms with E-state index in [1.165, 1.54) is 15.9 Å². The summed E-state index contributed by atoms with van der Waals surface area (Å²) in [6, 6.07) is 13.5. The van der Waals surface area contributed by atoms with Gasteiger partial charge in [0.05, 0.1) is 50.6 Å². The van der Waals surface area contributed by atoms with Crippen LogP contribution in [0.4, 0.5) is 0 Å². The maximum absolute atomic E-state index is 14.1. The largest absolute Gasteiger partial charge is 0.493 e. The second-order valence-corrected chi connectivity index (χ2v) is 14.3. The highest BCUT2D eigenvalue weighted by atomic mass is 79.9. The highest BCUT2D eigenvalue weighted by Gasteiger charge is 2.34. The van der Waals surface area contributed by atoms with Gasteiger partial charge in [0.2, 0.25) is 0 Å². The SMILES string of the molecule is CCOC(=O)C1=C(C)N=c2s/c(=C\c3cc(Br)c(OCc4ccc(Cl)cc4Cl)c(Br)c3)c(=O)n2[C@H]1c1ccc(OC(C)C)c(OC)c1. The van der Waals surface area contributed by atoms with Crippen LogP contribution in [0.2, 0.25) is 10.0 Å². The number of carbonyl (C=O) groups is 1. The molecule has 0 radical (unpaired) electrons. The maximum Gasteiger partial charge on any atom is 0.338 e. The first kappa shape index (κ1) is 35.2. The van der Waals surface area contributed by atoms with Crippen LogP contribution in [-0.4, -0.2) is 30.4 Å². The van der Waals surface area contributed by atoms with Crippen LogP contribution in [0.1, 0.15) is 50.4 Å². The minimum atomic E-state index is -0.802. The number of allylic oxidation sites excluding steroid dienone is 1. The molecule has 0 bridgehead atoms. The molecular formula is C34H30Br2Cl2N2O6S. The van der Waals surface area contributed by atoms with E-state index in [0.717, 1.165) is 11.1 Å². The van der Waals surface area contributed by atoms with Crippen LogP contribution < -0.4 is 29.1 Å². The van der Waals surface area contributed by atoms with Crippen molar-refractivity contribution >= 4 is 78.4 Å². The van der Waals surface area contributed by atoms with E-state index < -0.39 is 12.0 Å². The van der Waals surface area contributed by atoms with E-state index in [1.807, 2.05) is 38.1 Å². The van der Waals surface area contributed by atoms with Crippen LogP contribution in [0.3, 0.4) is 0 Å². The Morgan fingerprint density at radius 2 is 1.81 bits per heavy atom. The summed E-state index contributed by atoms with van der Waals surface area (Å²) in [6.07, 6.45) is 1.70. The Kier molecular flexibility index (Phi) is 11.2. The van der Waals surface area contributed by atoms with Gasteiger partial charge in [-0.2, -0.15) is 0 Å². The first-order valence-electron chi connectivity index (χ1n) is 14.5. The smallest absolute Gasteiger partial charge is 0.338 e. The molecule has 0 amide bonds. The zero-order valence-electron chi connectivity index (χ0n) is 26.0. The molecule has 0 unspecified atom stereocenters. The number of halogens is 4. The van der Waals surface area contributed by atoms with Gasteiger partial charge < -0.3 is 18.9 Å². The zero-order chi connectivity index (χ0) is 34.0. The fourth-order valence-electron chi connectivity index (χ4n) is 5.05. The molecule has 1 aromatic heterocycles. The van der Waals surface area contributed by atoms with Crippen LogP contribution >= 0.6 is 66.4 Å². The highest BCUT2D eigenvalue weighted by Crippen LogP contribution is 2.38. The number of aromatic nitrogens is 1. The third-order valence-electron chi connectivity index (χ3n) is 7.09. The van der Waals surface area contributed by atoms with Crippen molar-refractivity contribution in [3.8, 4) is 17.2 Å². The van der Waals surface area contributed by atoms with Gasteiger partial charge in [-0.3, -0.25) is 9.36 Å². The van der Waals surface area contributed by atoms with Gasteiger partial charge in [0, 0.05) is 15.6 Å². The molecule has 1 aliphatic heterocycles. The molecule has 0 saturated carbocycles. The van der Waals surface area contributed by atoms with Crippen molar-refractivity contribution in [3.05, 3.63) is 115 Å². The van der Waals surface area contributed by atoms with Gasteiger partial charge in [0.15, 0.2) is 16.3 Å². The molecule has 0 saturated heterocycles. The molecule has 1 atom stereocenters. The Morgan fingerprint density at radius 3 is 2.45 bits per heavy atom. The van der Waals surface area contributed by atoms with Crippen LogP contribution in [0.5, 0.6) is 17.2 Å². The molecule has 0 N–H and O–H groups in total. The fourth-order valence-corrected chi connectivity index (χ4v) is 8.01. The lowest BCUT2D eigenvalue weighted by atomic mass is 9.95. The van der Waals surface area contributed by atoms with E-state index in [9.17, 15) is 9.59 Å². The second kappa shape index (κ2) is 15.0. The molecule has 8 nitrogen and oxygen atoms in total. The van der Waals surface area contributed by atoms with Gasteiger partial charge in [0.1, 0.15) is 12.4 Å². The molecule has 0 fully saturated rings. The molecule has 0 aliphatic carbocycles. The molecule has 3 aromatic carbocycles. The van der Waals surface area contributed by atoms with Crippen molar-refractivity contribution in [2.75, 3.05) is 13.7 Å². The third kappa shape index (κ3) is 7.65. The molecule has 13 heteroatoms. The van der Waals surface area contributed by atoms with E-state index in [2.05, 4.69) is 36.9 Å². The second-order valence-electron chi connectivity index (χ2n) is 10.7. The van der Waals surface area contributed by atoms with Crippen molar-refractivity contribution in [1.29, 1.82) is 0 Å². The van der Waals surface area contributed by atoms with Crippen molar-refractivity contribution < 1.29 is 23.7 Å². The van der Waals surface area contributed by atoms with Gasteiger partial charge >= 0.3 is 5.97 Å². The topological polar surface area (TPSA) is 88.4 Å². The average molecular weight is 825 g/mol. The standard InChI is InChI=1S/C34H30Br2Cl2N2O6S/c1-6-44-33(42)29-18(4)39-34-40(30(29)20-8-10-26(46-17(2)3)27(14-20)43-5)32(41)28(47-34)13-19-11-23(35)31(24(36)12-19)45-16-21-7-9-22(37)15-25(21)38/h7-15,17,30H,6,16H2,1-5H3/b28-13-/t30-/m0/s1. The number of esters is 1. The molecule has 2 heterocycles. The number of rotatable bonds is 10. The summed E-state index contributed by atoms with van der Waals surface area (Å²) in [4.78, 5) is 32.6. The predicted octanol–water partition coefficient (Wildman–Crippen LogP) is 8.00.